The Morgan fingerprint density at radius 2 is 1.71 bits per heavy atom. The van der Waals surface area contributed by atoms with Gasteiger partial charge in [0, 0.05) is 24.2 Å². The summed E-state index contributed by atoms with van der Waals surface area (Å²) in [5, 5.41) is 13.1. The largest absolute Gasteiger partial charge is 0.481 e. The van der Waals surface area contributed by atoms with Crippen molar-refractivity contribution in [3.8, 4) is 23.1 Å². The lowest BCUT2D eigenvalue weighted by Gasteiger charge is -2.34. The second-order valence-corrected chi connectivity index (χ2v) is 10.3. The molecule has 2 heterocycles. The number of hydrogen-bond donors (Lipinski definition) is 2. The Kier molecular flexibility index (Phi) is 7.78. The number of halogens is 2. The van der Waals surface area contributed by atoms with E-state index in [2.05, 4.69) is 15.3 Å². The summed E-state index contributed by atoms with van der Waals surface area (Å²) in [7, 11) is 2.97. The quantitative estimate of drug-likeness (QED) is 0.451. The van der Waals surface area contributed by atoms with Crippen LogP contribution in [0.5, 0.6) is 11.8 Å². The maximum absolute atomic E-state index is 14.6. The third-order valence-corrected chi connectivity index (χ3v) is 7.90. The van der Waals surface area contributed by atoms with E-state index in [0.29, 0.717) is 48.5 Å². The molecule has 38 heavy (non-hydrogen) atoms. The molecule has 204 valence electrons. The third-order valence-electron chi connectivity index (χ3n) is 7.90. The van der Waals surface area contributed by atoms with Crippen molar-refractivity contribution in [3.05, 3.63) is 35.9 Å². The first-order valence-electron chi connectivity index (χ1n) is 13.3. The molecule has 2 saturated carbocycles. The summed E-state index contributed by atoms with van der Waals surface area (Å²) in [6, 6.07) is 4.82. The van der Waals surface area contributed by atoms with E-state index in [1.54, 1.807) is 16.7 Å². The SMILES string of the molecule is COc1ccc(-c2nc3cc(F)c(F)cc3n2C(C(=O)NC2CCC(O)CC2)C2CCCCC2)c(OC)n1. The second kappa shape index (κ2) is 11.2. The number of imidazole rings is 1. The van der Waals surface area contributed by atoms with Gasteiger partial charge in [-0.05, 0) is 50.5 Å². The number of pyridine rings is 1. The van der Waals surface area contributed by atoms with Gasteiger partial charge in [0.05, 0.1) is 36.9 Å². The van der Waals surface area contributed by atoms with Crippen LogP contribution in [0.25, 0.3) is 22.4 Å². The molecule has 0 spiro atoms. The van der Waals surface area contributed by atoms with Crippen LogP contribution in [0, 0.1) is 17.6 Å². The lowest BCUT2D eigenvalue weighted by atomic mass is 9.82. The molecule has 5 rings (SSSR count). The summed E-state index contributed by atoms with van der Waals surface area (Å²) >= 11 is 0. The zero-order valence-electron chi connectivity index (χ0n) is 21.8. The molecule has 2 N–H and O–H groups in total. The number of nitrogens with one attached hydrogen (secondary N) is 1. The van der Waals surface area contributed by atoms with Gasteiger partial charge < -0.3 is 24.5 Å². The number of amides is 1. The van der Waals surface area contributed by atoms with E-state index in [1.165, 1.54) is 14.2 Å². The fourth-order valence-electron chi connectivity index (χ4n) is 5.92. The summed E-state index contributed by atoms with van der Waals surface area (Å²) < 4.78 is 41.4. The Morgan fingerprint density at radius 3 is 2.39 bits per heavy atom. The molecule has 8 nitrogen and oxygen atoms in total. The fraction of sp³-hybridized carbons (Fsp3) is 0.536. The molecule has 0 aliphatic heterocycles. The smallest absolute Gasteiger partial charge is 0.243 e. The van der Waals surface area contributed by atoms with Crippen molar-refractivity contribution in [2.24, 2.45) is 5.92 Å². The molecule has 1 atom stereocenters. The average molecular weight is 529 g/mol. The molecule has 10 heteroatoms. The Hall–Kier alpha value is -3.27. The van der Waals surface area contributed by atoms with E-state index < -0.39 is 17.7 Å². The highest BCUT2D eigenvalue weighted by Crippen LogP contribution is 2.41. The van der Waals surface area contributed by atoms with Gasteiger partial charge in [-0.3, -0.25) is 4.79 Å². The van der Waals surface area contributed by atoms with Crippen LogP contribution in [0.1, 0.15) is 63.8 Å². The van der Waals surface area contributed by atoms with Crippen LogP contribution < -0.4 is 14.8 Å². The molecule has 2 aliphatic carbocycles. The van der Waals surface area contributed by atoms with Crippen molar-refractivity contribution in [2.45, 2.75) is 76.0 Å². The van der Waals surface area contributed by atoms with Crippen molar-refractivity contribution in [2.75, 3.05) is 14.2 Å². The van der Waals surface area contributed by atoms with Crippen molar-refractivity contribution in [1.82, 2.24) is 19.9 Å². The minimum atomic E-state index is -1.01. The lowest BCUT2D eigenvalue weighted by molar-refractivity contribution is -0.127. The zero-order chi connectivity index (χ0) is 26.8. The number of rotatable bonds is 7. The van der Waals surface area contributed by atoms with Gasteiger partial charge >= 0.3 is 0 Å². The van der Waals surface area contributed by atoms with Gasteiger partial charge in [-0.25, -0.2) is 13.8 Å². The Labute approximate surface area is 220 Å². The van der Waals surface area contributed by atoms with Crippen molar-refractivity contribution in [1.29, 1.82) is 0 Å². The van der Waals surface area contributed by atoms with E-state index in [-0.39, 0.29) is 35.4 Å². The second-order valence-electron chi connectivity index (χ2n) is 10.3. The lowest BCUT2D eigenvalue weighted by Crippen LogP contribution is -2.44. The number of aliphatic hydroxyl groups excluding tert-OH is 1. The maximum Gasteiger partial charge on any atom is 0.243 e. The molecule has 0 bridgehead atoms. The van der Waals surface area contributed by atoms with Gasteiger partial charge in [0.25, 0.3) is 0 Å². The molecule has 2 aromatic heterocycles. The number of aromatic nitrogens is 3. The molecule has 1 unspecified atom stereocenters. The summed E-state index contributed by atoms with van der Waals surface area (Å²) in [6.07, 6.45) is 7.06. The highest BCUT2D eigenvalue weighted by Gasteiger charge is 2.36. The molecule has 2 aliphatic rings. The van der Waals surface area contributed by atoms with Gasteiger partial charge in [0.15, 0.2) is 11.6 Å². The molecule has 1 aromatic carbocycles. The van der Waals surface area contributed by atoms with Crippen LogP contribution in [0.2, 0.25) is 0 Å². The van der Waals surface area contributed by atoms with Gasteiger partial charge in [-0.1, -0.05) is 19.3 Å². The number of carbonyl (C=O) groups is 1. The molecular formula is C28H34F2N4O4. The minimum Gasteiger partial charge on any atom is -0.481 e. The Bertz CT molecular complexity index is 1300. The molecule has 1 amide bonds. The van der Waals surface area contributed by atoms with Crippen LogP contribution in [-0.2, 0) is 4.79 Å². The normalized spacial score (nSPS) is 21.3. The van der Waals surface area contributed by atoms with E-state index in [9.17, 15) is 18.7 Å². The van der Waals surface area contributed by atoms with Crippen LogP contribution in [0.4, 0.5) is 8.78 Å². The number of ether oxygens (including phenoxy) is 2. The third kappa shape index (κ3) is 5.18. The van der Waals surface area contributed by atoms with Crippen LogP contribution in [-0.4, -0.2) is 51.9 Å². The van der Waals surface area contributed by atoms with E-state index in [0.717, 1.165) is 44.2 Å². The van der Waals surface area contributed by atoms with Crippen LogP contribution in [0.15, 0.2) is 24.3 Å². The summed E-state index contributed by atoms with van der Waals surface area (Å²) in [5.41, 5.74) is 1.06. The first-order chi connectivity index (χ1) is 18.4. The van der Waals surface area contributed by atoms with E-state index in [1.807, 2.05) is 0 Å². The number of carbonyl (C=O) groups excluding carboxylic acids is 1. The Balaban J connectivity index is 1.67. The standard InChI is InChI=1S/C28H34F2N4O4/c1-37-24-13-12-19(28(33-24)38-2)26-32-22-14-20(29)21(30)15-23(22)34(26)25(16-6-4-3-5-7-16)27(36)31-17-8-10-18(35)11-9-17/h12-18,25,35H,3-11H2,1-2H3,(H,31,36). The monoisotopic (exact) mass is 528 g/mol. The molecule has 2 fully saturated rings. The molecule has 3 aromatic rings. The number of nitrogens with zero attached hydrogens (tertiary/aromatic N) is 3. The van der Waals surface area contributed by atoms with E-state index in [4.69, 9.17) is 9.47 Å². The highest BCUT2D eigenvalue weighted by atomic mass is 19.2. The Morgan fingerprint density at radius 1 is 1.00 bits per heavy atom. The molecular weight excluding hydrogens is 494 g/mol. The highest BCUT2D eigenvalue weighted by molar-refractivity contribution is 5.88. The number of aliphatic hydroxyl groups is 1. The van der Waals surface area contributed by atoms with Gasteiger partial charge in [-0.15, -0.1) is 0 Å². The predicted molar refractivity (Wildman–Crippen MR) is 138 cm³/mol. The summed E-state index contributed by atoms with van der Waals surface area (Å²) in [4.78, 5) is 23.1. The fourth-order valence-corrected chi connectivity index (χ4v) is 5.92. The first kappa shape index (κ1) is 26.3. The minimum absolute atomic E-state index is 0.0144. The van der Waals surface area contributed by atoms with Crippen LogP contribution in [0.3, 0.4) is 0 Å². The first-order valence-corrected chi connectivity index (χ1v) is 13.3. The van der Waals surface area contributed by atoms with Crippen molar-refractivity contribution < 1.29 is 28.2 Å². The topological polar surface area (TPSA) is 98.5 Å². The predicted octanol–water partition coefficient (Wildman–Crippen LogP) is 4.93. The van der Waals surface area contributed by atoms with Gasteiger partial charge in [0.2, 0.25) is 17.7 Å². The number of hydrogen-bond acceptors (Lipinski definition) is 6. The van der Waals surface area contributed by atoms with E-state index >= 15 is 0 Å². The number of fused-ring (bicyclic) bond motifs is 1. The number of methoxy groups -OCH3 is 2. The summed E-state index contributed by atoms with van der Waals surface area (Å²) in [5.74, 6) is -1.29. The average Bonchev–Trinajstić information content (AvgIpc) is 3.27. The van der Waals surface area contributed by atoms with Gasteiger partial charge in [-0.2, -0.15) is 4.98 Å². The van der Waals surface area contributed by atoms with Crippen molar-refractivity contribution >= 4 is 16.9 Å². The van der Waals surface area contributed by atoms with Crippen LogP contribution >= 0.6 is 0 Å². The number of benzene rings is 1. The molecule has 0 radical (unpaired) electrons. The zero-order valence-corrected chi connectivity index (χ0v) is 21.8. The van der Waals surface area contributed by atoms with Gasteiger partial charge in [0.1, 0.15) is 11.9 Å². The maximum atomic E-state index is 14.6. The summed E-state index contributed by atoms with van der Waals surface area (Å²) in [6.45, 7) is 0. The molecule has 0 saturated heterocycles. The van der Waals surface area contributed by atoms with Crippen molar-refractivity contribution in [3.63, 3.8) is 0 Å².